The Morgan fingerprint density at radius 1 is 1.07 bits per heavy atom. The fourth-order valence-corrected chi connectivity index (χ4v) is 3.28. The van der Waals surface area contributed by atoms with Crippen LogP contribution in [0.1, 0.15) is 23.7 Å². The Bertz CT molecular complexity index is 992. The van der Waals surface area contributed by atoms with Crippen molar-refractivity contribution in [2.75, 3.05) is 26.9 Å². The Morgan fingerprint density at radius 2 is 1.79 bits per heavy atom. The summed E-state index contributed by atoms with van der Waals surface area (Å²) in [5.41, 5.74) is 3.43. The van der Waals surface area contributed by atoms with E-state index in [1.165, 1.54) is 5.56 Å². The zero-order chi connectivity index (χ0) is 20.8. The number of nitrogens with zero attached hydrogens (tertiary/aromatic N) is 2. The molecule has 0 spiro atoms. The lowest BCUT2D eigenvalue weighted by Crippen LogP contribution is -2.19. The molecule has 0 aliphatic carbocycles. The van der Waals surface area contributed by atoms with E-state index >= 15 is 0 Å². The molecule has 3 aromatic rings. The summed E-state index contributed by atoms with van der Waals surface area (Å²) < 4.78 is 13.9. The number of benzene rings is 2. The lowest BCUT2D eigenvalue weighted by Gasteiger charge is -2.13. The molecule has 0 saturated heterocycles. The minimum Gasteiger partial charge on any atom is -0.491 e. The quantitative estimate of drug-likeness (QED) is 0.511. The topological polar surface area (TPSA) is 77.7 Å². The number of aryl methyl sites for hydroxylation is 2. The number of imidazole rings is 1. The normalized spacial score (nSPS) is 12.4. The van der Waals surface area contributed by atoms with Crippen LogP contribution in [-0.4, -0.2) is 41.1 Å². The standard InChI is InChI=1S/C22H29N3O4/c1-24-19-10-7-17(13-20(19)25(2)22(24)27)21(26)15-29-18-8-5-16(6-9-18)14-23-11-4-12-28-3/h5-10,13,21,23,26H,4,11-12,14-15H2,1-3H3/t21-/m0/s1. The van der Waals surface area contributed by atoms with Crippen LogP contribution in [0, 0.1) is 0 Å². The first kappa shape index (κ1) is 21.1. The van der Waals surface area contributed by atoms with E-state index in [2.05, 4.69) is 5.32 Å². The molecule has 0 aliphatic heterocycles. The highest BCUT2D eigenvalue weighted by Gasteiger charge is 2.13. The second kappa shape index (κ2) is 9.73. The van der Waals surface area contributed by atoms with Gasteiger partial charge in [0.1, 0.15) is 18.5 Å². The van der Waals surface area contributed by atoms with Gasteiger partial charge in [0, 0.05) is 34.4 Å². The molecule has 2 aromatic carbocycles. The van der Waals surface area contributed by atoms with Gasteiger partial charge in [-0.3, -0.25) is 9.13 Å². The molecule has 1 aromatic heterocycles. The molecule has 156 valence electrons. The highest BCUT2D eigenvalue weighted by Crippen LogP contribution is 2.21. The van der Waals surface area contributed by atoms with Crippen molar-refractivity contribution in [2.24, 2.45) is 14.1 Å². The lowest BCUT2D eigenvalue weighted by molar-refractivity contribution is 0.108. The van der Waals surface area contributed by atoms with E-state index in [1.807, 2.05) is 42.5 Å². The van der Waals surface area contributed by atoms with E-state index in [9.17, 15) is 9.90 Å². The number of aromatic nitrogens is 2. The van der Waals surface area contributed by atoms with Crippen LogP contribution in [0.25, 0.3) is 11.0 Å². The molecule has 0 bridgehead atoms. The van der Waals surface area contributed by atoms with Crippen molar-refractivity contribution in [2.45, 2.75) is 19.1 Å². The fraction of sp³-hybridized carbons (Fsp3) is 0.409. The van der Waals surface area contributed by atoms with Gasteiger partial charge in [0.2, 0.25) is 0 Å². The molecule has 7 heteroatoms. The molecule has 0 radical (unpaired) electrons. The number of aliphatic hydroxyl groups excluding tert-OH is 1. The van der Waals surface area contributed by atoms with E-state index in [4.69, 9.17) is 9.47 Å². The number of hydrogen-bond donors (Lipinski definition) is 2. The van der Waals surface area contributed by atoms with Crippen molar-refractivity contribution in [1.29, 1.82) is 0 Å². The van der Waals surface area contributed by atoms with Gasteiger partial charge in [-0.15, -0.1) is 0 Å². The molecular formula is C22H29N3O4. The summed E-state index contributed by atoms with van der Waals surface area (Å²) in [4.78, 5) is 12.0. The smallest absolute Gasteiger partial charge is 0.328 e. The van der Waals surface area contributed by atoms with Crippen molar-refractivity contribution in [1.82, 2.24) is 14.5 Å². The van der Waals surface area contributed by atoms with Crippen LogP contribution >= 0.6 is 0 Å². The lowest BCUT2D eigenvalue weighted by atomic mass is 10.1. The van der Waals surface area contributed by atoms with Crippen molar-refractivity contribution in [3.8, 4) is 5.75 Å². The monoisotopic (exact) mass is 399 g/mol. The molecule has 2 N–H and O–H groups in total. The molecule has 7 nitrogen and oxygen atoms in total. The Balaban J connectivity index is 1.55. The summed E-state index contributed by atoms with van der Waals surface area (Å²) in [5.74, 6) is 0.709. The second-order valence-corrected chi connectivity index (χ2v) is 7.14. The maximum Gasteiger partial charge on any atom is 0.328 e. The molecule has 0 amide bonds. The van der Waals surface area contributed by atoms with Crippen LogP contribution in [-0.2, 0) is 25.4 Å². The average molecular weight is 399 g/mol. The summed E-state index contributed by atoms with van der Waals surface area (Å²) in [6.07, 6.45) is 0.204. The van der Waals surface area contributed by atoms with Gasteiger partial charge in [0.25, 0.3) is 0 Å². The molecule has 0 unspecified atom stereocenters. The van der Waals surface area contributed by atoms with Gasteiger partial charge in [-0.2, -0.15) is 0 Å². The number of rotatable bonds is 10. The van der Waals surface area contributed by atoms with Crippen LogP contribution in [0.4, 0.5) is 0 Å². The van der Waals surface area contributed by atoms with Gasteiger partial charge in [0.15, 0.2) is 0 Å². The summed E-state index contributed by atoms with van der Waals surface area (Å²) in [6.45, 7) is 2.61. The predicted octanol–water partition coefficient (Wildman–Crippen LogP) is 2.12. The molecule has 29 heavy (non-hydrogen) atoms. The van der Waals surface area contributed by atoms with Crippen molar-refractivity contribution in [3.63, 3.8) is 0 Å². The molecule has 1 atom stereocenters. The van der Waals surface area contributed by atoms with E-state index in [1.54, 1.807) is 30.3 Å². The van der Waals surface area contributed by atoms with Crippen LogP contribution < -0.4 is 15.7 Å². The third kappa shape index (κ3) is 5.06. The third-order valence-corrected chi connectivity index (χ3v) is 5.04. The summed E-state index contributed by atoms with van der Waals surface area (Å²) in [5, 5.41) is 13.9. The van der Waals surface area contributed by atoms with Crippen LogP contribution in [0.5, 0.6) is 5.75 Å². The van der Waals surface area contributed by atoms with E-state index in [0.29, 0.717) is 5.75 Å². The minimum absolute atomic E-state index is 0.0869. The van der Waals surface area contributed by atoms with Crippen LogP contribution in [0.2, 0.25) is 0 Å². The second-order valence-electron chi connectivity index (χ2n) is 7.14. The van der Waals surface area contributed by atoms with Gasteiger partial charge in [-0.25, -0.2) is 4.79 Å². The number of methoxy groups -OCH3 is 1. The van der Waals surface area contributed by atoms with Crippen molar-refractivity contribution >= 4 is 11.0 Å². The van der Waals surface area contributed by atoms with E-state index in [0.717, 1.165) is 42.7 Å². The molecule has 3 rings (SSSR count). The maximum atomic E-state index is 12.0. The summed E-state index contributed by atoms with van der Waals surface area (Å²) in [6, 6.07) is 13.3. The number of hydrogen-bond acceptors (Lipinski definition) is 5. The Morgan fingerprint density at radius 3 is 2.52 bits per heavy atom. The Hall–Kier alpha value is -2.61. The van der Waals surface area contributed by atoms with Gasteiger partial charge >= 0.3 is 5.69 Å². The molecular weight excluding hydrogens is 370 g/mol. The van der Waals surface area contributed by atoms with Crippen LogP contribution in [0.3, 0.4) is 0 Å². The zero-order valence-electron chi connectivity index (χ0n) is 17.2. The summed E-state index contributed by atoms with van der Waals surface area (Å²) >= 11 is 0. The minimum atomic E-state index is -0.781. The highest BCUT2D eigenvalue weighted by molar-refractivity contribution is 5.76. The summed E-state index contributed by atoms with van der Waals surface area (Å²) in [7, 11) is 5.17. The molecule has 1 heterocycles. The average Bonchev–Trinajstić information content (AvgIpc) is 2.96. The first-order chi connectivity index (χ1) is 14.0. The first-order valence-electron chi connectivity index (χ1n) is 9.76. The number of aliphatic hydroxyl groups is 1. The van der Waals surface area contributed by atoms with Crippen LogP contribution in [0.15, 0.2) is 47.3 Å². The number of fused-ring (bicyclic) bond motifs is 1. The van der Waals surface area contributed by atoms with E-state index in [-0.39, 0.29) is 12.3 Å². The van der Waals surface area contributed by atoms with Gasteiger partial charge in [-0.05, 0) is 48.4 Å². The Labute approximate surface area is 170 Å². The maximum absolute atomic E-state index is 12.0. The van der Waals surface area contributed by atoms with Gasteiger partial charge in [-0.1, -0.05) is 18.2 Å². The fourth-order valence-electron chi connectivity index (χ4n) is 3.28. The van der Waals surface area contributed by atoms with Crippen molar-refractivity contribution in [3.05, 3.63) is 64.1 Å². The number of ether oxygens (including phenoxy) is 2. The molecule has 0 fully saturated rings. The van der Waals surface area contributed by atoms with E-state index < -0.39 is 6.10 Å². The zero-order valence-corrected chi connectivity index (χ0v) is 17.2. The molecule has 0 aliphatic rings. The highest BCUT2D eigenvalue weighted by atomic mass is 16.5. The largest absolute Gasteiger partial charge is 0.491 e. The van der Waals surface area contributed by atoms with Crippen molar-refractivity contribution < 1.29 is 14.6 Å². The third-order valence-electron chi connectivity index (χ3n) is 5.04. The number of nitrogens with one attached hydrogen (secondary N) is 1. The van der Waals surface area contributed by atoms with Gasteiger partial charge < -0.3 is 19.9 Å². The SMILES string of the molecule is COCCCNCc1ccc(OC[C@H](O)c2ccc3c(c2)n(C)c(=O)n3C)cc1. The Kier molecular flexibility index (Phi) is 7.09. The first-order valence-corrected chi connectivity index (χ1v) is 9.76. The molecule has 0 saturated carbocycles. The van der Waals surface area contributed by atoms with Gasteiger partial charge in [0.05, 0.1) is 11.0 Å². The predicted molar refractivity (Wildman–Crippen MR) is 113 cm³/mol.